The zero-order valence-electron chi connectivity index (χ0n) is 11.4. The summed E-state index contributed by atoms with van der Waals surface area (Å²) in [5, 5.41) is 2.79. The van der Waals surface area contributed by atoms with Crippen molar-refractivity contribution in [2.75, 3.05) is 23.4 Å². The van der Waals surface area contributed by atoms with E-state index in [9.17, 15) is 4.79 Å². The van der Waals surface area contributed by atoms with Crippen LogP contribution in [0.25, 0.3) is 5.95 Å². The highest BCUT2D eigenvalue weighted by molar-refractivity contribution is 5.85. The number of hydrazine groups is 1. The van der Waals surface area contributed by atoms with Gasteiger partial charge in [0.2, 0.25) is 23.8 Å². The van der Waals surface area contributed by atoms with Crippen molar-refractivity contribution < 1.29 is 4.79 Å². The molecule has 2 aromatic rings. The quantitative estimate of drug-likeness (QED) is 0.468. The molecule has 1 atom stereocenters. The molecule has 3 heterocycles. The zero-order valence-corrected chi connectivity index (χ0v) is 11.4. The monoisotopic (exact) mass is 289 g/mol. The van der Waals surface area contributed by atoms with Crippen LogP contribution in [0.4, 0.5) is 11.9 Å². The number of aromatic nitrogens is 5. The molecule has 110 valence electrons. The van der Waals surface area contributed by atoms with Gasteiger partial charge in [0.25, 0.3) is 0 Å². The number of amides is 1. The van der Waals surface area contributed by atoms with Crippen LogP contribution in [0.1, 0.15) is 6.92 Å². The van der Waals surface area contributed by atoms with Gasteiger partial charge in [0.1, 0.15) is 12.4 Å². The summed E-state index contributed by atoms with van der Waals surface area (Å²) in [6, 6.07) is -0.359. The van der Waals surface area contributed by atoms with E-state index < -0.39 is 0 Å². The van der Waals surface area contributed by atoms with Crippen molar-refractivity contribution in [3.05, 3.63) is 18.7 Å². The van der Waals surface area contributed by atoms with Gasteiger partial charge in [-0.15, -0.1) is 0 Å². The summed E-state index contributed by atoms with van der Waals surface area (Å²) in [7, 11) is 0. The van der Waals surface area contributed by atoms with Gasteiger partial charge < -0.3 is 10.2 Å². The van der Waals surface area contributed by atoms with Crippen LogP contribution in [-0.2, 0) is 4.79 Å². The number of rotatable bonds is 3. The summed E-state index contributed by atoms with van der Waals surface area (Å²) in [4.78, 5) is 30.3. The van der Waals surface area contributed by atoms with Gasteiger partial charge in [-0.05, 0) is 6.92 Å². The molecule has 1 amide bonds. The molecular weight excluding hydrogens is 274 g/mol. The summed E-state index contributed by atoms with van der Waals surface area (Å²) in [6.45, 7) is 2.95. The number of nitrogens with zero attached hydrogens (tertiary/aromatic N) is 6. The molecule has 3 rings (SSSR count). The second kappa shape index (κ2) is 5.32. The molecule has 2 aromatic heterocycles. The van der Waals surface area contributed by atoms with Crippen LogP contribution in [0.15, 0.2) is 18.7 Å². The smallest absolute Gasteiger partial charge is 0.243 e. The van der Waals surface area contributed by atoms with Crippen molar-refractivity contribution >= 4 is 17.8 Å². The normalized spacial score (nSPS) is 18.5. The van der Waals surface area contributed by atoms with Crippen molar-refractivity contribution in [2.45, 2.75) is 13.0 Å². The van der Waals surface area contributed by atoms with E-state index in [0.717, 1.165) is 0 Å². The molecule has 0 saturated carbocycles. The fourth-order valence-electron chi connectivity index (χ4n) is 2.10. The molecule has 21 heavy (non-hydrogen) atoms. The number of imidazole rings is 1. The maximum atomic E-state index is 11.8. The molecule has 0 spiro atoms. The van der Waals surface area contributed by atoms with Crippen molar-refractivity contribution in [1.82, 2.24) is 29.8 Å². The molecule has 1 aliphatic rings. The Hall–Kier alpha value is -2.75. The number of piperazine rings is 1. The van der Waals surface area contributed by atoms with Crippen LogP contribution in [0.3, 0.4) is 0 Å². The number of hydrogen-bond donors (Lipinski definition) is 3. The predicted molar refractivity (Wildman–Crippen MR) is 74.6 cm³/mol. The fourth-order valence-corrected chi connectivity index (χ4v) is 2.10. The predicted octanol–water partition coefficient (Wildman–Crippen LogP) is -1.33. The minimum Gasteiger partial charge on any atom is -0.353 e. The van der Waals surface area contributed by atoms with E-state index in [4.69, 9.17) is 5.84 Å². The molecular formula is C11H15N9O. The Balaban J connectivity index is 2.01. The molecule has 1 aliphatic heterocycles. The van der Waals surface area contributed by atoms with Gasteiger partial charge in [0.05, 0.1) is 0 Å². The van der Waals surface area contributed by atoms with E-state index in [1.165, 1.54) is 0 Å². The number of nitrogens with two attached hydrogens (primary N) is 1. The third-order valence-electron chi connectivity index (χ3n) is 3.23. The highest BCUT2D eigenvalue weighted by atomic mass is 16.2. The molecule has 10 nitrogen and oxygen atoms in total. The van der Waals surface area contributed by atoms with Crippen LogP contribution in [-0.4, -0.2) is 49.5 Å². The number of carbonyl (C=O) groups is 1. The van der Waals surface area contributed by atoms with Gasteiger partial charge in [0.15, 0.2) is 0 Å². The Kier molecular flexibility index (Phi) is 3.36. The molecule has 1 unspecified atom stereocenters. The third-order valence-corrected chi connectivity index (χ3v) is 3.23. The topological polar surface area (TPSA) is 127 Å². The highest BCUT2D eigenvalue weighted by Gasteiger charge is 2.28. The lowest BCUT2D eigenvalue weighted by atomic mass is 10.2. The Morgan fingerprint density at radius 1 is 1.38 bits per heavy atom. The minimum atomic E-state index is -0.359. The van der Waals surface area contributed by atoms with Gasteiger partial charge in [-0.25, -0.2) is 10.8 Å². The van der Waals surface area contributed by atoms with Crippen LogP contribution in [0, 0.1) is 0 Å². The number of hydrogen-bond acceptors (Lipinski definition) is 8. The molecule has 4 N–H and O–H groups in total. The SMILES string of the molecule is CC1C(=O)NCCN1c1nc(NN)nc(-n2ccnc2)n1. The molecule has 1 fully saturated rings. The molecule has 0 aliphatic carbocycles. The Morgan fingerprint density at radius 3 is 2.90 bits per heavy atom. The summed E-state index contributed by atoms with van der Waals surface area (Å²) in [6.07, 6.45) is 4.91. The standard InChI is InChI=1S/C11H15N9O/c1-7-8(21)14-3-5-20(7)11-16-9(18-12)15-10(17-11)19-4-2-13-6-19/h2,4,6-7H,3,5,12H2,1H3,(H,14,21)(H,15,16,17,18). The zero-order chi connectivity index (χ0) is 14.8. The van der Waals surface area contributed by atoms with E-state index in [1.807, 2.05) is 4.90 Å². The number of anilines is 2. The maximum absolute atomic E-state index is 11.8. The van der Waals surface area contributed by atoms with E-state index in [2.05, 4.69) is 30.7 Å². The average Bonchev–Trinajstić information content (AvgIpc) is 3.04. The van der Waals surface area contributed by atoms with Gasteiger partial charge in [-0.2, -0.15) is 15.0 Å². The van der Waals surface area contributed by atoms with Gasteiger partial charge in [-0.3, -0.25) is 14.8 Å². The van der Waals surface area contributed by atoms with Crippen LogP contribution in [0.5, 0.6) is 0 Å². The Morgan fingerprint density at radius 2 is 2.19 bits per heavy atom. The maximum Gasteiger partial charge on any atom is 0.243 e. The van der Waals surface area contributed by atoms with Crippen molar-refractivity contribution in [3.63, 3.8) is 0 Å². The van der Waals surface area contributed by atoms with Crippen molar-refractivity contribution in [2.24, 2.45) is 5.84 Å². The van der Waals surface area contributed by atoms with E-state index in [0.29, 0.717) is 25.0 Å². The van der Waals surface area contributed by atoms with Crippen molar-refractivity contribution in [3.8, 4) is 5.95 Å². The van der Waals surface area contributed by atoms with Crippen LogP contribution >= 0.6 is 0 Å². The average molecular weight is 289 g/mol. The summed E-state index contributed by atoms with van der Waals surface area (Å²) < 4.78 is 1.64. The van der Waals surface area contributed by atoms with Crippen LogP contribution in [0.2, 0.25) is 0 Å². The molecule has 0 aromatic carbocycles. The highest BCUT2D eigenvalue weighted by Crippen LogP contribution is 2.16. The molecule has 0 bridgehead atoms. The second-order valence-electron chi connectivity index (χ2n) is 4.53. The summed E-state index contributed by atoms with van der Waals surface area (Å²) >= 11 is 0. The largest absolute Gasteiger partial charge is 0.353 e. The second-order valence-corrected chi connectivity index (χ2v) is 4.53. The first-order valence-electron chi connectivity index (χ1n) is 6.44. The first-order valence-corrected chi connectivity index (χ1v) is 6.44. The lowest BCUT2D eigenvalue weighted by Crippen LogP contribution is -2.54. The number of carbonyl (C=O) groups excluding carboxylic acids is 1. The Labute approximate surface area is 120 Å². The molecule has 0 radical (unpaired) electrons. The van der Waals surface area contributed by atoms with Gasteiger partial charge in [0, 0.05) is 25.5 Å². The van der Waals surface area contributed by atoms with E-state index in [-0.39, 0.29) is 17.9 Å². The summed E-state index contributed by atoms with van der Waals surface area (Å²) in [5.74, 6) is 6.34. The summed E-state index contributed by atoms with van der Waals surface area (Å²) in [5.41, 5.74) is 2.41. The molecule has 10 heteroatoms. The Bertz CT molecular complexity index is 641. The van der Waals surface area contributed by atoms with Crippen molar-refractivity contribution in [1.29, 1.82) is 0 Å². The lowest BCUT2D eigenvalue weighted by Gasteiger charge is -2.32. The fraction of sp³-hybridized carbons (Fsp3) is 0.364. The van der Waals surface area contributed by atoms with E-state index >= 15 is 0 Å². The first kappa shape index (κ1) is 13.2. The minimum absolute atomic E-state index is 0.0619. The lowest BCUT2D eigenvalue weighted by molar-refractivity contribution is -0.122. The first-order chi connectivity index (χ1) is 10.2. The van der Waals surface area contributed by atoms with E-state index in [1.54, 1.807) is 30.2 Å². The number of nitrogen functional groups attached to an aromatic ring is 1. The van der Waals surface area contributed by atoms with Gasteiger partial charge >= 0.3 is 0 Å². The third kappa shape index (κ3) is 2.48. The molecule has 1 saturated heterocycles. The van der Waals surface area contributed by atoms with Gasteiger partial charge in [-0.1, -0.05) is 0 Å². The number of nitrogens with one attached hydrogen (secondary N) is 2. The van der Waals surface area contributed by atoms with Crippen LogP contribution < -0.4 is 21.5 Å².